The zero-order valence-electron chi connectivity index (χ0n) is 10.7. The van der Waals surface area contributed by atoms with Gasteiger partial charge in [0.1, 0.15) is 6.04 Å². The van der Waals surface area contributed by atoms with E-state index >= 15 is 0 Å². The highest BCUT2D eigenvalue weighted by Crippen LogP contribution is 2.21. The Morgan fingerprint density at radius 3 is 3.06 bits per heavy atom. The number of nitriles is 1. The molecule has 94 valence electrons. The van der Waals surface area contributed by atoms with Crippen molar-refractivity contribution in [2.75, 3.05) is 6.54 Å². The molecule has 18 heavy (non-hydrogen) atoms. The molecule has 0 N–H and O–H groups in total. The van der Waals surface area contributed by atoms with Gasteiger partial charge in [0.15, 0.2) is 0 Å². The number of aromatic nitrogens is 2. The molecule has 1 atom stereocenters. The molecule has 0 bridgehead atoms. The number of carbonyl (C=O) groups excluding carboxylic acids is 1. The number of hydrogen-bond donors (Lipinski definition) is 0. The summed E-state index contributed by atoms with van der Waals surface area (Å²) in [5.41, 5.74) is 2.02. The predicted molar refractivity (Wildman–Crippen MR) is 65.8 cm³/mol. The maximum atomic E-state index is 12.5. The zero-order valence-corrected chi connectivity index (χ0v) is 10.7. The molecule has 0 radical (unpaired) electrons. The van der Waals surface area contributed by atoms with Gasteiger partial charge in [-0.3, -0.25) is 4.79 Å². The third kappa shape index (κ3) is 2.19. The SMILES string of the molecule is CCc1nnc(C)cc1C(=O)N1CCCC1C#N. The number of carbonyl (C=O) groups is 1. The van der Waals surface area contributed by atoms with Crippen molar-refractivity contribution in [2.24, 2.45) is 0 Å². The summed E-state index contributed by atoms with van der Waals surface area (Å²) in [4.78, 5) is 14.1. The van der Waals surface area contributed by atoms with Crippen molar-refractivity contribution in [1.29, 1.82) is 5.26 Å². The van der Waals surface area contributed by atoms with Crippen LogP contribution >= 0.6 is 0 Å². The van der Waals surface area contributed by atoms with Gasteiger partial charge < -0.3 is 4.90 Å². The molecule has 1 aromatic rings. The molecule has 0 aromatic carbocycles. The van der Waals surface area contributed by atoms with Crippen LogP contribution in [0.2, 0.25) is 0 Å². The van der Waals surface area contributed by atoms with Crippen LogP contribution in [0, 0.1) is 18.3 Å². The van der Waals surface area contributed by atoms with Crippen LogP contribution in [-0.2, 0) is 6.42 Å². The molecule has 0 spiro atoms. The van der Waals surface area contributed by atoms with Gasteiger partial charge >= 0.3 is 0 Å². The lowest BCUT2D eigenvalue weighted by Crippen LogP contribution is -2.35. The van der Waals surface area contributed by atoms with E-state index in [9.17, 15) is 4.79 Å². The lowest BCUT2D eigenvalue weighted by molar-refractivity contribution is 0.0763. The summed E-state index contributed by atoms with van der Waals surface area (Å²) in [5.74, 6) is -0.0890. The van der Waals surface area contributed by atoms with Gasteiger partial charge in [0.2, 0.25) is 0 Å². The number of hydrogen-bond acceptors (Lipinski definition) is 4. The van der Waals surface area contributed by atoms with E-state index in [1.807, 2.05) is 13.8 Å². The van der Waals surface area contributed by atoms with Gasteiger partial charge in [-0.1, -0.05) is 6.92 Å². The molecule has 5 nitrogen and oxygen atoms in total. The second kappa shape index (κ2) is 5.13. The Morgan fingerprint density at radius 1 is 1.61 bits per heavy atom. The maximum absolute atomic E-state index is 12.5. The van der Waals surface area contributed by atoms with Crippen LogP contribution in [0.3, 0.4) is 0 Å². The van der Waals surface area contributed by atoms with Gasteiger partial charge in [-0.15, -0.1) is 0 Å². The van der Waals surface area contributed by atoms with Crippen LogP contribution in [-0.4, -0.2) is 33.6 Å². The summed E-state index contributed by atoms with van der Waals surface area (Å²) in [6.07, 6.45) is 2.32. The van der Waals surface area contributed by atoms with Crippen molar-refractivity contribution in [2.45, 2.75) is 39.2 Å². The highest BCUT2D eigenvalue weighted by atomic mass is 16.2. The fourth-order valence-corrected chi connectivity index (χ4v) is 2.26. The molecule has 0 saturated carbocycles. The highest BCUT2D eigenvalue weighted by Gasteiger charge is 2.30. The van der Waals surface area contributed by atoms with Gasteiger partial charge in [-0.05, 0) is 32.3 Å². The first-order valence-electron chi connectivity index (χ1n) is 6.21. The fourth-order valence-electron chi connectivity index (χ4n) is 2.26. The van der Waals surface area contributed by atoms with E-state index in [4.69, 9.17) is 5.26 Å². The predicted octanol–water partition coefficient (Wildman–Crippen LogP) is 1.48. The van der Waals surface area contributed by atoms with Crippen molar-refractivity contribution in [3.63, 3.8) is 0 Å². The standard InChI is InChI=1S/C13H16N4O/c1-3-12-11(7-9(2)15-16-12)13(18)17-6-4-5-10(17)8-14/h7,10H,3-6H2,1-2H3. The van der Waals surface area contributed by atoms with Crippen molar-refractivity contribution in [1.82, 2.24) is 15.1 Å². The summed E-state index contributed by atoms with van der Waals surface area (Å²) in [6, 6.07) is 3.65. The maximum Gasteiger partial charge on any atom is 0.256 e. The quantitative estimate of drug-likeness (QED) is 0.790. The van der Waals surface area contributed by atoms with Crippen LogP contribution < -0.4 is 0 Å². The molecule has 5 heteroatoms. The molecular weight excluding hydrogens is 228 g/mol. The van der Waals surface area contributed by atoms with E-state index in [0.29, 0.717) is 24.2 Å². The minimum absolute atomic E-state index is 0.0890. The number of aryl methyl sites for hydroxylation is 2. The molecule has 1 fully saturated rings. The molecule has 1 amide bonds. The summed E-state index contributed by atoms with van der Waals surface area (Å²) in [6.45, 7) is 4.42. The fraction of sp³-hybridized carbons (Fsp3) is 0.538. The first-order chi connectivity index (χ1) is 8.67. The van der Waals surface area contributed by atoms with E-state index in [0.717, 1.165) is 18.5 Å². The minimum atomic E-state index is -0.296. The Balaban J connectivity index is 2.34. The van der Waals surface area contributed by atoms with Gasteiger partial charge in [0.05, 0.1) is 23.0 Å². The Kier molecular flexibility index (Phi) is 3.56. The lowest BCUT2D eigenvalue weighted by atomic mass is 10.1. The van der Waals surface area contributed by atoms with Gasteiger partial charge in [-0.2, -0.15) is 15.5 Å². The van der Waals surface area contributed by atoms with Crippen LogP contribution in [0.1, 0.15) is 41.5 Å². The largest absolute Gasteiger partial charge is 0.323 e. The van der Waals surface area contributed by atoms with Crippen LogP contribution in [0.4, 0.5) is 0 Å². The van der Waals surface area contributed by atoms with E-state index < -0.39 is 0 Å². The van der Waals surface area contributed by atoms with Crippen LogP contribution in [0.15, 0.2) is 6.07 Å². The highest BCUT2D eigenvalue weighted by molar-refractivity contribution is 5.95. The molecule has 0 aliphatic carbocycles. The Labute approximate surface area is 106 Å². The third-order valence-electron chi connectivity index (χ3n) is 3.22. The van der Waals surface area contributed by atoms with Crippen molar-refractivity contribution in [3.05, 3.63) is 23.0 Å². The molecule has 2 rings (SSSR count). The first-order valence-corrected chi connectivity index (χ1v) is 6.21. The zero-order chi connectivity index (χ0) is 13.1. The molecule has 1 aliphatic rings. The van der Waals surface area contributed by atoms with Gasteiger partial charge in [0.25, 0.3) is 5.91 Å². The number of rotatable bonds is 2. The van der Waals surface area contributed by atoms with Crippen LogP contribution in [0.5, 0.6) is 0 Å². The average molecular weight is 244 g/mol. The summed E-state index contributed by atoms with van der Waals surface area (Å²) in [7, 11) is 0. The van der Waals surface area contributed by atoms with Crippen LogP contribution in [0.25, 0.3) is 0 Å². The van der Waals surface area contributed by atoms with Gasteiger partial charge in [0, 0.05) is 6.54 Å². The monoisotopic (exact) mass is 244 g/mol. The Bertz CT molecular complexity index is 506. The van der Waals surface area contributed by atoms with E-state index in [2.05, 4.69) is 16.3 Å². The van der Waals surface area contributed by atoms with Crippen molar-refractivity contribution < 1.29 is 4.79 Å². The summed E-state index contributed by atoms with van der Waals surface area (Å²) in [5, 5.41) is 17.1. The van der Waals surface area contributed by atoms with Crippen molar-refractivity contribution >= 4 is 5.91 Å². The Hall–Kier alpha value is -1.96. The number of nitrogens with zero attached hydrogens (tertiary/aromatic N) is 4. The normalized spacial score (nSPS) is 18.7. The van der Waals surface area contributed by atoms with E-state index in [-0.39, 0.29) is 11.9 Å². The van der Waals surface area contributed by atoms with E-state index in [1.54, 1.807) is 11.0 Å². The lowest BCUT2D eigenvalue weighted by Gasteiger charge is -2.20. The molecule has 1 unspecified atom stereocenters. The molecule has 1 aliphatic heterocycles. The second-order valence-corrected chi connectivity index (χ2v) is 4.49. The smallest absolute Gasteiger partial charge is 0.256 e. The Morgan fingerprint density at radius 2 is 2.39 bits per heavy atom. The average Bonchev–Trinajstić information content (AvgIpc) is 2.86. The third-order valence-corrected chi connectivity index (χ3v) is 3.22. The second-order valence-electron chi connectivity index (χ2n) is 4.49. The molecule has 1 saturated heterocycles. The van der Waals surface area contributed by atoms with Crippen molar-refractivity contribution in [3.8, 4) is 6.07 Å². The summed E-state index contributed by atoms with van der Waals surface area (Å²) >= 11 is 0. The topological polar surface area (TPSA) is 69.9 Å². The minimum Gasteiger partial charge on any atom is -0.323 e. The molecular formula is C13H16N4O. The summed E-state index contributed by atoms with van der Waals surface area (Å²) < 4.78 is 0. The van der Waals surface area contributed by atoms with E-state index in [1.165, 1.54) is 0 Å². The number of likely N-dealkylation sites (tertiary alicyclic amines) is 1. The molecule has 2 heterocycles. The first kappa shape index (κ1) is 12.5. The number of amides is 1. The molecule has 1 aromatic heterocycles. The van der Waals surface area contributed by atoms with Gasteiger partial charge in [-0.25, -0.2) is 0 Å².